The van der Waals surface area contributed by atoms with Crippen molar-refractivity contribution in [2.45, 2.75) is 18.6 Å². The molecular weight excluding hydrogens is 262 g/mol. The van der Waals surface area contributed by atoms with Crippen LogP contribution >= 0.6 is 0 Å². The van der Waals surface area contributed by atoms with Crippen LogP contribution in [0.25, 0.3) is 0 Å². The van der Waals surface area contributed by atoms with Crippen LogP contribution in [0.4, 0.5) is 0 Å². The Morgan fingerprint density at radius 1 is 1.31 bits per heavy atom. The van der Waals surface area contributed by atoms with Gasteiger partial charge in [-0.1, -0.05) is 0 Å². The number of rotatable bonds is 5. The van der Waals surface area contributed by atoms with E-state index in [-0.39, 0.29) is 65.7 Å². The Hall–Kier alpha value is 0.850. The number of esters is 1. The molecule has 0 N–H and O–H groups in total. The molecule has 0 rings (SSSR count). The molecule has 1 unspecified atom stereocenters. The van der Waals surface area contributed by atoms with Crippen LogP contribution in [0.2, 0.25) is 0 Å². The summed E-state index contributed by atoms with van der Waals surface area (Å²) in [6.45, 7) is 1.25. The second-order valence-electron chi connectivity index (χ2n) is 2.31. The first-order valence-corrected chi connectivity index (χ1v) is 5.07. The van der Waals surface area contributed by atoms with Crippen molar-refractivity contribution in [3.63, 3.8) is 0 Å². The third-order valence-corrected chi connectivity index (χ3v) is 2.31. The van der Waals surface area contributed by atoms with Crippen LogP contribution in [0.15, 0.2) is 0 Å². The summed E-state index contributed by atoms with van der Waals surface area (Å²) in [6.07, 6.45) is -1.19. The molecule has 16 heavy (non-hydrogen) atoms. The van der Waals surface area contributed by atoms with Gasteiger partial charge in [-0.05, 0) is 6.92 Å². The molecule has 1 atom stereocenters. The predicted molar refractivity (Wildman–Crippen MR) is 39.7 cm³/mol. The maximum Gasteiger partial charge on any atom is 1.00 e. The van der Waals surface area contributed by atoms with Crippen molar-refractivity contribution >= 4 is 22.1 Å². The molecule has 0 aromatic rings. The van der Waals surface area contributed by atoms with Gasteiger partial charge in [-0.2, -0.15) is 0 Å². The molecule has 0 radical (unpaired) electrons. The van der Waals surface area contributed by atoms with E-state index in [0.29, 0.717) is 0 Å². The van der Waals surface area contributed by atoms with E-state index >= 15 is 0 Å². The summed E-state index contributed by atoms with van der Waals surface area (Å²) in [5.41, 5.74) is 0. The molecule has 82 valence electrons. The monoisotopic (exact) mass is 270 g/mol. The van der Waals surface area contributed by atoms with Crippen molar-refractivity contribution in [1.82, 2.24) is 0 Å². The number of hydrogen-bond donors (Lipinski definition) is 0. The Morgan fingerprint density at radius 2 is 1.75 bits per heavy atom. The minimum absolute atomic E-state index is 0. The molecule has 0 saturated carbocycles. The van der Waals surface area contributed by atoms with Gasteiger partial charge in [-0.3, -0.25) is 4.79 Å². The SMILES string of the molecule is CCOC(=O)C(CC(=O)[O-])S(=O)(=O)[O-].[Na+].[Na+]. The molecule has 7 nitrogen and oxygen atoms in total. The van der Waals surface area contributed by atoms with Crippen molar-refractivity contribution < 1.29 is 91.5 Å². The summed E-state index contributed by atoms with van der Waals surface area (Å²) in [5.74, 6) is -3.17. The van der Waals surface area contributed by atoms with E-state index in [9.17, 15) is 27.7 Å². The molecule has 0 aromatic carbocycles. The van der Waals surface area contributed by atoms with Crippen LogP contribution in [0, 0.1) is 0 Å². The van der Waals surface area contributed by atoms with E-state index in [1.807, 2.05) is 0 Å². The Bertz CT molecular complexity index is 326. The van der Waals surface area contributed by atoms with E-state index in [2.05, 4.69) is 4.74 Å². The van der Waals surface area contributed by atoms with Gasteiger partial charge in [0.1, 0.15) is 10.1 Å². The number of hydrogen-bond acceptors (Lipinski definition) is 7. The van der Waals surface area contributed by atoms with E-state index in [0.717, 1.165) is 0 Å². The Kier molecular flexibility index (Phi) is 13.6. The summed E-state index contributed by atoms with van der Waals surface area (Å²) in [5, 5.41) is 7.81. The van der Waals surface area contributed by atoms with Gasteiger partial charge < -0.3 is 19.2 Å². The molecular formula is C6H8Na2O7S. The number of carbonyl (C=O) groups is 2. The van der Waals surface area contributed by atoms with E-state index in [1.54, 1.807) is 0 Å². The van der Waals surface area contributed by atoms with Crippen molar-refractivity contribution in [2.75, 3.05) is 6.61 Å². The maximum absolute atomic E-state index is 10.8. The van der Waals surface area contributed by atoms with E-state index in [4.69, 9.17) is 0 Å². The van der Waals surface area contributed by atoms with Gasteiger partial charge in [-0.15, -0.1) is 0 Å². The average molecular weight is 270 g/mol. The third kappa shape index (κ3) is 8.94. The van der Waals surface area contributed by atoms with Crippen LogP contribution in [0.1, 0.15) is 13.3 Å². The quantitative estimate of drug-likeness (QED) is 0.276. The first kappa shape index (κ1) is 22.1. The first-order chi connectivity index (χ1) is 6.29. The van der Waals surface area contributed by atoms with Crippen molar-refractivity contribution in [1.29, 1.82) is 0 Å². The van der Waals surface area contributed by atoms with Crippen molar-refractivity contribution in [2.24, 2.45) is 0 Å². The molecule has 0 aliphatic rings. The molecule has 0 heterocycles. The van der Waals surface area contributed by atoms with Crippen LogP contribution in [0.3, 0.4) is 0 Å². The molecule has 0 saturated heterocycles. The van der Waals surface area contributed by atoms with Crippen LogP contribution in [-0.2, 0) is 24.4 Å². The van der Waals surface area contributed by atoms with E-state index in [1.165, 1.54) is 6.92 Å². The van der Waals surface area contributed by atoms with Gasteiger partial charge in [0.15, 0.2) is 5.25 Å². The third-order valence-electron chi connectivity index (χ3n) is 1.25. The minimum Gasteiger partial charge on any atom is -0.747 e. The second kappa shape index (κ2) is 9.84. The Morgan fingerprint density at radius 3 is 2.00 bits per heavy atom. The first-order valence-electron chi connectivity index (χ1n) is 3.60. The number of ether oxygens (including phenoxy) is 1. The van der Waals surface area contributed by atoms with Crippen LogP contribution < -0.4 is 64.2 Å². The zero-order valence-electron chi connectivity index (χ0n) is 9.26. The van der Waals surface area contributed by atoms with Gasteiger partial charge in [0, 0.05) is 12.4 Å². The summed E-state index contributed by atoms with van der Waals surface area (Å²) >= 11 is 0. The van der Waals surface area contributed by atoms with Crippen molar-refractivity contribution in [3.8, 4) is 0 Å². The van der Waals surface area contributed by atoms with Gasteiger partial charge in [0.25, 0.3) is 0 Å². The molecule has 0 bridgehead atoms. The largest absolute Gasteiger partial charge is 1.00 e. The molecule has 0 spiro atoms. The van der Waals surface area contributed by atoms with Crippen molar-refractivity contribution in [3.05, 3.63) is 0 Å². The fourth-order valence-corrected chi connectivity index (χ4v) is 1.33. The van der Waals surface area contributed by atoms with Gasteiger partial charge in [-0.25, -0.2) is 8.42 Å². The fraction of sp³-hybridized carbons (Fsp3) is 0.667. The van der Waals surface area contributed by atoms with Gasteiger partial charge in [0.2, 0.25) is 0 Å². The number of carboxylic acids is 1. The summed E-state index contributed by atoms with van der Waals surface area (Å²) < 4.78 is 35.5. The molecule has 0 aliphatic carbocycles. The van der Waals surface area contributed by atoms with Gasteiger partial charge >= 0.3 is 65.1 Å². The van der Waals surface area contributed by atoms with Crippen LogP contribution in [0.5, 0.6) is 0 Å². The average Bonchev–Trinajstić information content (AvgIpc) is 1.98. The standard InChI is InChI=1S/C6H10O7S.2Na/c1-2-13-6(9)4(3-5(7)8)14(10,11)12;;/h4H,2-3H2,1H3,(H,7,8)(H,10,11,12);;/q;2*+1/p-2. The molecule has 0 fully saturated rings. The smallest absolute Gasteiger partial charge is 0.747 e. The maximum atomic E-state index is 10.8. The topological polar surface area (TPSA) is 124 Å². The van der Waals surface area contributed by atoms with E-state index < -0.39 is 33.7 Å². The molecule has 0 aromatic heterocycles. The predicted octanol–water partition coefficient (Wildman–Crippen LogP) is -8.39. The Labute approximate surface area is 137 Å². The zero-order chi connectivity index (χ0) is 11.4. The normalized spacial score (nSPS) is 11.6. The Balaban J connectivity index is -0.000000845. The molecule has 10 heteroatoms. The fourth-order valence-electron chi connectivity index (χ4n) is 0.690. The number of carboxylic acid groups (broad SMARTS) is 1. The summed E-state index contributed by atoms with van der Waals surface area (Å²) in [4.78, 5) is 20.9. The number of aliphatic carboxylic acids is 1. The number of carbonyl (C=O) groups excluding carboxylic acids is 2. The molecule has 0 aliphatic heterocycles. The molecule has 0 amide bonds. The summed E-state index contributed by atoms with van der Waals surface area (Å²) in [7, 11) is -5.03. The van der Waals surface area contributed by atoms with Gasteiger partial charge in [0.05, 0.1) is 6.61 Å². The van der Waals surface area contributed by atoms with Crippen LogP contribution in [-0.4, -0.2) is 36.8 Å². The summed E-state index contributed by atoms with van der Waals surface area (Å²) in [6, 6.07) is 0. The second-order valence-corrected chi connectivity index (χ2v) is 3.86. The zero-order valence-corrected chi connectivity index (χ0v) is 14.1. The minimum atomic E-state index is -5.03.